The van der Waals surface area contributed by atoms with Gasteiger partial charge in [-0.15, -0.1) is 0 Å². The van der Waals surface area contributed by atoms with E-state index in [0.717, 1.165) is 6.42 Å². The summed E-state index contributed by atoms with van der Waals surface area (Å²) in [5.41, 5.74) is 0.434. The Morgan fingerprint density at radius 3 is 2.58 bits per heavy atom. The first-order chi connectivity index (χ1) is 5.74. The first kappa shape index (κ1) is 6.70. The number of carboxylic acid groups (broad SMARTS) is 1. The van der Waals surface area contributed by atoms with Crippen molar-refractivity contribution in [2.45, 2.75) is 19.3 Å². The maximum atomic E-state index is 10.9. The zero-order chi connectivity index (χ0) is 8.34. The summed E-state index contributed by atoms with van der Waals surface area (Å²) in [5.74, 6) is 0.323. The highest BCUT2D eigenvalue weighted by Gasteiger charge is 2.64. The predicted molar refractivity (Wildman–Crippen MR) is 43.5 cm³/mol. The summed E-state index contributed by atoms with van der Waals surface area (Å²) in [7, 11) is 0. The van der Waals surface area contributed by atoms with Crippen molar-refractivity contribution in [1.29, 1.82) is 0 Å². The van der Waals surface area contributed by atoms with Gasteiger partial charge in [-0.25, -0.2) is 0 Å². The average Bonchev–Trinajstić information content (AvgIpc) is 2.69. The number of hydrogen-bond acceptors (Lipinski definition) is 1. The van der Waals surface area contributed by atoms with E-state index in [1.54, 1.807) is 0 Å². The summed E-state index contributed by atoms with van der Waals surface area (Å²) in [6.07, 6.45) is 7.83. The summed E-state index contributed by atoms with van der Waals surface area (Å²) in [6, 6.07) is 0. The van der Waals surface area contributed by atoms with Crippen molar-refractivity contribution in [2.24, 2.45) is 23.2 Å². The lowest BCUT2D eigenvalue weighted by Crippen LogP contribution is -2.20. The maximum Gasteiger partial charge on any atom is 0.307 e. The third kappa shape index (κ3) is 0.563. The van der Waals surface area contributed by atoms with Crippen LogP contribution in [0.15, 0.2) is 12.2 Å². The highest BCUT2D eigenvalue weighted by atomic mass is 16.4. The van der Waals surface area contributed by atoms with Gasteiger partial charge >= 0.3 is 5.97 Å². The standard InChI is InChI=1S/C10H12O2/c11-9(12)7-5-6-1-2-8(7)10(6)3-4-10/h1-2,6-8H,3-5H2,(H,11,12)/t6-,7-,8+/m0/s1. The first-order valence-corrected chi connectivity index (χ1v) is 4.65. The topological polar surface area (TPSA) is 37.3 Å². The Balaban J connectivity index is 1.97. The van der Waals surface area contributed by atoms with E-state index >= 15 is 0 Å². The molecule has 0 amide bonds. The minimum absolute atomic E-state index is 0.0671. The molecule has 1 N–H and O–H groups in total. The van der Waals surface area contributed by atoms with E-state index in [9.17, 15) is 4.79 Å². The lowest BCUT2D eigenvalue weighted by atomic mass is 9.89. The van der Waals surface area contributed by atoms with Gasteiger partial charge in [-0.1, -0.05) is 12.2 Å². The van der Waals surface area contributed by atoms with Crippen molar-refractivity contribution in [2.75, 3.05) is 0 Å². The minimum Gasteiger partial charge on any atom is -0.481 e. The highest BCUT2D eigenvalue weighted by Crippen LogP contribution is 2.70. The second kappa shape index (κ2) is 1.76. The zero-order valence-corrected chi connectivity index (χ0v) is 6.86. The molecule has 1 spiro atoms. The number of rotatable bonds is 1. The summed E-state index contributed by atoms with van der Waals surface area (Å²) < 4.78 is 0. The molecule has 3 rings (SSSR count). The molecule has 3 aliphatic rings. The van der Waals surface area contributed by atoms with Gasteiger partial charge in [0, 0.05) is 0 Å². The molecule has 0 aliphatic heterocycles. The Kier molecular flexibility index (Phi) is 0.980. The predicted octanol–water partition coefficient (Wildman–Crippen LogP) is 1.67. The molecule has 0 aromatic rings. The SMILES string of the molecule is O=C(O)[C@H]1C[C@@H]2C=C[C@H]1C21CC1. The van der Waals surface area contributed by atoms with Crippen LogP contribution in [0.5, 0.6) is 0 Å². The third-order valence-electron chi connectivity index (χ3n) is 4.04. The third-order valence-corrected chi connectivity index (χ3v) is 4.04. The van der Waals surface area contributed by atoms with Gasteiger partial charge in [-0.2, -0.15) is 0 Å². The van der Waals surface area contributed by atoms with Crippen LogP contribution in [0, 0.1) is 23.2 Å². The lowest BCUT2D eigenvalue weighted by molar-refractivity contribution is -0.142. The normalized spacial score (nSPS) is 45.5. The van der Waals surface area contributed by atoms with Crippen molar-refractivity contribution < 1.29 is 9.90 Å². The van der Waals surface area contributed by atoms with E-state index in [2.05, 4.69) is 12.2 Å². The van der Waals surface area contributed by atoms with Crippen LogP contribution in [0.3, 0.4) is 0 Å². The second-order valence-electron chi connectivity index (χ2n) is 4.43. The molecule has 0 unspecified atom stereocenters. The smallest absolute Gasteiger partial charge is 0.307 e. The van der Waals surface area contributed by atoms with Crippen LogP contribution >= 0.6 is 0 Å². The number of hydrogen-bond donors (Lipinski definition) is 1. The Morgan fingerprint density at radius 2 is 2.17 bits per heavy atom. The molecule has 2 nitrogen and oxygen atoms in total. The van der Waals surface area contributed by atoms with Crippen LogP contribution in [-0.2, 0) is 4.79 Å². The van der Waals surface area contributed by atoms with Crippen LogP contribution in [0.25, 0.3) is 0 Å². The number of carbonyl (C=O) groups is 1. The highest BCUT2D eigenvalue weighted by molar-refractivity contribution is 5.72. The maximum absolute atomic E-state index is 10.9. The fraction of sp³-hybridized carbons (Fsp3) is 0.700. The second-order valence-corrected chi connectivity index (χ2v) is 4.43. The van der Waals surface area contributed by atoms with E-state index in [1.807, 2.05) is 0 Å². The van der Waals surface area contributed by atoms with Gasteiger partial charge in [0.15, 0.2) is 0 Å². The quantitative estimate of drug-likeness (QED) is 0.598. The number of allylic oxidation sites excluding steroid dienone is 2. The van der Waals surface area contributed by atoms with Crippen molar-refractivity contribution in [3.8, 4) is 0 Å². The fourth-order valence-electron chi connectivity index (χ4n) is 3.26. The van der Waals surface area contributed by atoms with Crippen LogP contribution in [0.2, 0.25) is 0 Å². The minimum atomic E-state index is -0.585. The molecule has 0 heterocycles. The zero-order valence-electron chi connectivity index (χ0n) is 6.86. The Hall–Kier alpha value is -0.790. The molecule has 2 saturated carbocycles. The molecular weight excluding hydrogens is 152 g/mol. The van der Waals surface area contributed by atoms with Gasteiger partial charge in [-0.05, 0) is 36.5 Å². The van der Waals surface area contributed by atoms with Crippen molar-refractivity contribution >= 4 is 5.97 Å². The molecule has 0 saturated heterocycles. The van der Waals surface area contributed by atoms with E-state index in [1.165, 1.54) is 12.8 Å². The fourth-order valence-corrected chi connectivity index (χ4v) is 3.26. The van der Waals surface area contributed by atoms with Gasteiger partial charge < -0.3 is 5.11 Å². The molecule has 2 bridgehead atoms. The van der Waals surface area contributed by atoms with Crippen LogP contribution < -0.4 is 0 Å². The summed E-state index contributed by atoms with van der Waals surface area (Å²) in [4.78, 5) is 10.9. The lowest BCUT2D eigenvalue weighted by Gasteiger charge is -2.14. The molecule has 12 heavy (non-hydrogen) atoms. The Labute approximate surface area is 71.3 Å². The molecule has 0 radical (unpaired) electrons. The summed E-state index contributed by atoms with van der Waals surface area (Å²) in [6.45, 7) is 0. The van der Waals surface area contributed by atoms with Gasteiger partial charge in [0.25, 0.3) is 0 Å². The van der Waals surface area contributed by atoms with Gasteiger partial charge in [-0.3, -0.25) is 4.79 Å². The average molecular weight is 164 g/mol. The van der Waals surface area contributed by atoms with Gasteiger partial charge in [0.2, 0.25) is 0 Å². The van der Waals surface area contributed by atoms with Crippen LogP contribution in [0.1, 0.15) is 19.3 Å². The Morgan fingerprint density at radius 1 is 1.42 bits per heavy atom. The molecule has 0 aromatic heterocycles. The molecule has 2 fully saturated rings. The van der Waals surface area contributed by atoms with Crippen molar-refractivity contribution in [3.05, 3.63) is 12.2 Å². The monoisotopic (exact) mass is 164 g/mol. The number of carboxylic acids is 1. The summed E-state index contributed by atoms with van der Waals surface area (Å²) >= 11 is 0. The van der Waals surface area contributed by atoms with Crippen molar-refractivity contribution in [3.63, 3.8) is 0 Å². The van der Waals surface area contributed by atoms with Gasteiger partial charge in [0.1, 0.15) is 0 Å². The van der Waals surface area contributed by atoms with Crippen LogP contribution in [-0.4, -0.2) is 11.1 Å². The van der Waals surface area contributed by atoms with Crippen LogP contribution in [0.4, 0.5) is 0 Å². The van der Waals surface area contributed by atoms with Gasteiger partial charge in [0.05, 0.1) is 5.92 Å². The Bertz CT molecular complexity index is 276. The molecule has 0 aromatic carbocycles. The van der Waals surface area contributed by atoms with E-state index in [4.69, 9.17) is 5.11 Å². The van der Waals surface area contributed by atoms with E-state index in [-0.39, 0.29) is 5.92 Å². The van der Waals surface area contributed by atoms with Crippen molar-refractivity contribution in [1.82, 2.24) is 0 Å². The first-order valence-electron chi connectivity index (χ1n) is 4.65. The largest absolute Gasteiger partial charge is 0.481 e. The van der Waals surface area contributed by atoms with E-state index in [0.29, 0.717) is 17.3 Å². The number of aliphatic carboxylic acids is 1. The molecule has 2 heteroatoms. The molecular formula is C10H12O2. The van der Waals surface area contributed by atoms with E-state index < -0.39 is 5.97 Å². The molecule has 3 aliphatic carbocycles. The summed E-state index contributed by atoms with van der Waals surface area (Å²) in [5, 5.41) is 8.96. The molecule has 64 valence electrons. The molecule has 3 atom stereocenters.